The first kappa shape index (κ1) is 15.2. The summed E-state index contributed by atoms with van der Waals surface area (Å²) in [5.74, 6) is -2.32. The third-order valence-corrected chi connectivity index (χ3v) is 2.72. The topological polar surface area (TPSA) is 92.7 Å². The Bertz CT molecular complexity index is 515. The summed E-state index contributed by atoms with van der Waals surface area (Å²) in [4.78, 5) is 33.1. The summed E-state index contributed by atoms with van der Waals surface area (Å²) in [5.41, 5.74) is 0.726. The number of esters is 1. The van der Waals surface area contributed by atoms with Crippen molar-refractivity contribution in [2.75, 3.05) is 11.9 Å². The number of anilines is 1. The summed E-state index contributed by atoms with van der Waals surface area (Å²) in [6, 6.07) is 4.48. The molecule has 102 valence electrons. The van der Waals surface area contributed by atoms with Crippen LogP contribution in [0, 0.1) is 0 Å². The van der Waals surface area contributed by atoms with Crippen LogP contribution in [0.4, 0.5) is 5.69 Å². The molecule has 0 aliphatic heterocycles. The minimum atomic E-state index is -1.21. The number of carbonyl (C=O) groups is 3. The molecule has 0 heterocycles. The Morgan fingerprint density at radius 1 is 1.37 bits per heavy atom. The second-order valence-corrected chi connectivity index (χ2v) is 4.39. The molecule has 0 aliphatic rings. The molecule has 7 heteroatoms. The van der Waals surface area contributed by atoms with Crippen LogP contribution in [0.15, 0.2) is 22.7 Å². The maximum atomic E-state index is 11.5. The summed E-state index contributed by atoms with van der Waals surface area (Å²) in [5, 5.41) is 10.9. The lowest BCUT2D eigenvalue weighted by Gasteiger charge is -2.08. The lowest BCUT2D eigenvalue weighted by molar-refractivity contribution is -0.139. The first-order valence-electron chi connectivity index (χ1n) is 5.42. The number of nitrogens with one attached hydrogen (secondary N) is 1. The van der Waals surface area contributed by atoms with E-state index >= 15 is 0 Å². The van der Waals surface area contributed by atoms with E-state index in [2.05, 4.69) is 21.2 Å². The van der Waals surface area contributed by atoms with Crippen LogP contribution >= 0.6 is 15.9 Å². The number of carboxylic acid groups (broad SMARTS) is 1. The number of hydrogen-bond donors (Lipinski definition) is 2. The molecule has 0 radical (unpaired) electrons. The van der Waals surface area contributed by atoms with Crippen LogP contribution in [-0.2, 0) is 14.3 Å². The SMILES string of the molecule is CCOC(=O)c1ccc(NC(=O)CC(=O)O)c(Br)c1. The maximum absolute atomic E-state index is 11.5. The fourth-order valence-corrected chi connectivity index (χ4v) is 1.77. The number of rotatable bonds is 5. The molecule has 6 nitrogen and oxygen atoms in total. The van der Waals surface area contributed by atoms with Crippen molar-refractivity contribution >= 4 is 39.5 Å². The van der Waals surface area contributed by atoms with E-state index < -0.39 is 24.3 Å². The van der Waals surface area contributed by atoms with Gasteiger partial charge in [-0.3, -0.25) is 9.59 Å². The van der Waals surface area contributed by atoms with Crippen LogP contribution in [0.3, 0.4) is 0 Å². The largest absolute Gasteiger partial charge is 0.481 e. The van der Waals surface area contributed by atoms with Crippen molar-refractivity contribution in [3.63, 3.8) is 0 Å². The van der Waals surface area contributed by atoms with E-state index in [9.17, 15) is 14.4 Å². The van der Waals surface area contributed by atoms with Gasteiger partial charge in [-0.1, -0.05) is 0 Å². The highest BCUT2D eigenvalue weighted by atomic mass is 79.9. The lowest BCUT2D eigenvalue weighted by atomic mass is 10.2. The van der Waals surface area contributed by atoms with E-state index in [1.54, 1.807) is 6.92 Å². The van der Waals surface area contributed by atoms with Gasteiger partial charge >= 0.3 is 11.9 Å². The molecule has 0 atom stereocenters. The molecule has 0 unspecified atom stereocenters. The number of hydrogen-bond acceptors (Lipinski definition) is 4. The van der Waals surface area contributed by atoms with Crippen LogP contribution in [0.25, 0.3) is 0 Å². The van der Waals surface area contributed by atoms with Gasteiger partial charge < -0.3 is 15.2 Å². The molecule has 0 bridgehead atoms. The zero-order chi connectivity index (χ0) is 14.4. The van der Waals surface area contributed by atoms with Crippen molar-refractivity contribution < 1.29 is 24.2 Å². The van der Waals surface area contributed by atoms with E-state index in [1.807, 2.05) is 0 Å². The third kappa shape index (κ3) is 4.70. The van der Waals surface area contributed by atoms with Crippen LogP contribution < -0.4 is 5.32 Å². The van der Waals surface area contributed by atoms with E-state index in [4.69, 9.17) is 9.84 Å². The van der Waals surface area contributed by atoms with Gasteiger partial charge in [0.05, 0.1) is 17.9 Å². The Morgan fingerprint density at radius 3 is 2.58 bits per heavy atom. The van der Waals surface area contributed by atoms with Crippen molar-refractivity contribution in [2.24, 2.45) is 0 Å². The van der Waals surface area contributed by atoms with Crippen LogP contribution in [0.1, 0.15) is 23.7 Å². The van der Waals surface area contributed by atoms with Crippen molar-refractivity contribution in [3.05, 3.63) is 28.2 Å². The number of ether oxygens (including phenoxy) is 1. The van der Waals surface area contributed by atoms with E-state index in [-0.39, 0.29) is 6.61 Å². The standard InChI is InChI=1S/C12H12BrNO5/c1-2-19-12(18)7-3-4-9(8(13)5-7)14-10(15)6-11(16)17/h3-5H,2,6H2,1H3,(H,14,15)(H,16,17). The monoisotopic (exact) mass is 329 g/mol. The Hall–Kier alpha value is -1.89. The van der Waals surface area contributed by atoms with Crippen molar-refractivity contribution in [1.29, 1.82) is 0 Å². The van der Waals surface area contributed by atoms with E-state index in [1.165, 1.54) is 18.2 Å². The number of carbonyl (C=O) groups excluding carboxylic acids is 2. The van der Waals surface area contributed by atoms with Gasteiger partial charge in [-0.2, -0.15) is 0 Å². The lowest BCUT2D eigenvalue weighted by Crippen LogP contribution is -2.16. The summed E-state index contributed by atoms with van der Waals surface area (Å²) in [6.07, 6.45) is -0.619. The molecule has 1 amide bonds. The molecule has 2 N–H and O–H groups in total. The first-order valence-corrected chi connectivity index (χ1v) is 6.21. The summed E-state index contributed by atoms with van der Waals surface area (Å²) in [6.45, 7) is 1.97. The number of aliphatic carboxylic acids is 1. The first-order chi connectivity index (χ1) is 8.93. The Morgan fingerprint density at radius 2 is 2.05 bits per heavy atom. The van der Waals surface area contributed by atoms with Gasteiger partial charge in [0.2, 0.25) is 5.91 Å². The fraction of sp³-hybridized carbons (Fsp3) is 0.250. The zero-order valence-corrected chi connectivity index (χ0v) is 11.7. The summed E-state index contributed by atoms with van der Waals surface area (Å²) in [7, 11) is 0. The van der Waals surface area contributed by atoms with Crippen LogP contribution in [-0.4, -0.2) is 29.6 Å². The molecule has 0 fully saturated rings. The molecule has 0 aromatic heterocycles. The molecular weight excluding hydrogens is 318 g/mol. The predicted molar refractivity (Wildman–Crippen MR) is 71.0 cm³/mol. The predicted octanol–water partition coefficient (Wildman–Crippen LogP) is 2.04. The Balaban J connectivity index is 2.80. The molecule has 19 heavy (non-hydrogen) atoms. The van der Waals surface area contributed by atoms with Crippen molar-refractivity contribution in [2.45, 2.75) is 13.3 Å². The van der Waals surface area contributed by atoms with E-state index in [0.717, 1.165) is 0 Å². The average molecular weight is 330 g/mol. The van der Waals surface area contributed by atoms with Gasteiger partial charge in [-0.15, -0.1) is 0 Å². The average Bonchev–Trinajstić information content (AvgIpc) is 2.31. The second kappa shape index (κ2) is 6.89. The van der Waals surface area contributed by atoms with Gasteiger partial charge in [-0.05, 0) is 41.1 Å². The highest BCUT2D eigenvalue weighted by Gasteiger charge is 2.12. The molecule has 1 aromatic rings. The van der Waals surface area contributed by atoms with Gasteiger partial charge in [-0.25, -0.2) is 4.79 Å². The molecule has 1 aromatic carbocycles. The van der Waals surface area contributed by atoms with Gasteiger partial charge in [0.25, 0.3) is 0 Å². The quantitative estimate of drug-likeness (QED) is 0.637. The molecule has 0 spiro atoms. The molecule has 1 rings (SSSR count). The Kier molecular flexibility index (Phi) is 5.50. The zero-order valence-electron chi connectivity index (χ0n) is 10.1. The highest BCUT2D eigenvalue weighted by molar-refractivity contribution is 9.10. The normalized spacial score (nSPS) is 9.79. The summed E-state index contributed by atoms with van der Waals surface area (Å²) < 4.78 is 5.30. The van der Waals surface area contributed by atoms with E-state index in [0.29, 0.717) is 15.7 Å². The second-order valence-electron chi connectivity index (χ2n) is 3.53. The smallest absolute Gasteiger partial charge is 0.338 e. The number of carboxylic acids is 1. The van der Waals surface area contributed by atoms with Gasteiger partial charge in [0.1, 0.15) is 6.42 Å². The highest BCUT2D eigenvalue weighted by Crippen LogP contribution is 2.24. The minimum absolute atomic E-state index is 0.271. The molecule has 0 saturated heterocycles. The molecular formula is C12H12BrNO5. The maximum Gasteiger partial charge on any atom is 0.338 e. The molecule has 0 saturated carbocycles. The summed E-state index contributed by atoms with van der Waals surface area (Å²) >= 11 is 3.19. The van der Waals surface area contributed by atoms with Crippen LogP contribution in [0.2, 0.25) is 0 Å². The number of benzene rings is 1. The van der Waals surface area contributed by atoms with Crippen molar-refractivity contribution in [1.82, 2.24) is 0 Å². The minimum Gasteiger partial charge on any atom is -0.481 e. The van der Waals surface area contributed by atoms with Gasteiger partial charge in [0, 0.05) is 4.47 Å². The number of amides is 1. The van der Waals surface area contributed by atoms with Crippen LogP contribution in [0.5, 0.6) is 0 Å². The molecule has 0 aliphatic carbocycles. The third-order valence-electron chi connectivity index (χ3n) is 2.07. The number of halogens is 1. The van der Waals surface area contributed by atoms with Gasteiger partial charge in [0.15, 0.2) is 0 Å². The Labute approximate surface area is 117 Å². The van der Waals surface area contributed by atoms with Crippen molar-refractivity contribution in [3.8, 4) is 0 Å². The fourth-order valence-electron chi connectivity index (χ4n) is 1.29.